The van der Waals surface area contributed by atoms with Gasteiger partial charge in [0.15, 0.2) is 0 Å². The molecule has 0 radical (unpaired) electrons. The van der Waals surface area contributed by atoms with Gasteiger partial charge >= 0.3 is 12.1 Å². The summed E-state index contributed by atoms with van der Waals surface area (Å²) in [6.07, 6.45) is 1.21. The Labute approximate surface area is 190 Å². The number of benzene rings is 1. The first kappa shape index (κ1) is 24.8. The number of fused-ring (bicyclic) bond motifs is 1. The highest BCUT2D eigenvalue weighted by atomic mass is 19.4. The summed E-state index contributed by atoms with van der Waals surface area (Å²) >= 11 is 0. The van der Waals surface area contributed by atoms with Gasteiger partial charge in [0, 0.05) is 31.4 Å². The zero-order valence-corrected chi connectivity index (χ0v) is 18.8. The van der Waals surface area contributed by atoms with E-state index in [1.54, 1.807) is 4.68 Å². The van der Waals surface area contributed by atoms with E-state index in [-0.39, 0.29) is 5.91 Å². The number of nitrogens with zero attached hydrogens (tertiary/aromatic N) is 3. The van der Waals surface area contributed by atoms with Crippen LogP contribution in [0.25, 0.3) is 0 Å². The van der Waals surface area contributed by atoms with E-state index in [4.69, 9.17) is 9.90 Å². The highest BCUT2D eigenvalue weighted by molar-refractivity contribution is 6.03. The number of hydrogen-bond acceptors (Lipinski definition) is 4. The standard InChI is InChI=1S/C21H28N4O.C2HF3O2/c1-3-25-20(13-15(2)23-25)21(26)22-18-8-7-16-9-11-24(19-5-4-6-19)12-10-17(16)14-18;3-2(4,5)1(6)7/h7-8,13-14,19H,3-6,9-12H2,1-2H3,(H,22,26);(H,6,7). The van der Waals surface area contributed by atoms with Gasteiger partial charge in [0.25, 0.3) is 5.91 Å². The number of carbonyl (C=O) groups excluding carboxylic acids is 1. The Balaban J connectivity index is 0.000000383. The molecular formula is C23H29F3N4O3. The number of aryl methyl sites for hydroxylation is 2. The van der Waals surface area contributed by atoms with Crippen molar-refractivity contribution in [1.29, 1.82) is 0 Å². The molecule has 0 spiro atoms. The van der Waals surface area contributed by atoms with Crippen molar-refractivity contribution in [3.63, 3.8) is 0 Å². The number of halogens is 3. The second kappa shape index (κ2) is 10.4. The fourth-order valence-electron chi connectivity index (χ4n) is 4.10. The number of rotatable bonds is 4. The molecule has 4 rings (SSSR count). The number of carboxylic acid groups (broad SMARTS) is 1. The third-order valence-corrected chi connectivity index (χ3v) is 6.07. The summed E-state index contributed by atoms with van der Waals surface area (Å²) in [6.45, 7) is 6.91. The van der Waals surface area contributed by atoms with Crippen LogP contribution in [-0.4, -0.2) is 57.0 Å². The molecule has 2 heterocycles. The molecule has 1 aliphatic heterocycles. The summed E-state index contributed by atoms with van der Waals surface area (Å²) in [5.41, 5.74) is 5.18. The minimum Gasteiger partial charge on any atom is -0.475 e. The molecule has 2 aromatic rings. The van der Waals surface area contributed by atoms with Gasteiger partial charge < -0.3 is 10.4 Å². The van der Waals surface area contributed by atoms with Crippen LogP contribution < -0.4 is 5.32 Å². The van der Waals surface area contributed by atoms with Crippen molar-refractivity contribution < 1.29 is 27.9 Å². The molecule has 1 amide bonds. The molecule has 1 aromatic heterocycles. The van der Waals surface area contributed by atoms with Crippen LogP contribution in [0.4, 0.5) is 18.9 Å². The van der Waals surface area contributed by atoms with Crippen molar-refractivity contribution in [2.45, 2.75) is 64.7 Å². The minimum atomic E-state index is -5.08. The lowest BCUT2D eigenvalue weighted by molar-refractivity contribution is -0.192. The Kier molecular flexibility index (Phi) is 7.78. The first-order chi connectivity index (χ1) is 15.6. The lowest BCUT2D eigenvalue weighted by atomic mass is 9.91. The van der Waals surface area contributed by atoms with E-state index in [2.05, 4.69) is 27.4 Å². The van der Waals surface area contributed by atoms with Gasteiger partial charge in [0.05, 0.1) is 5.69 Å². The van der Waals surface area contributed by atoms with E-state index in [1.807, 2.05) is 26.0 Å². The molecule has 0 atom stereocenters. The van der Waals surface area contributed by atoms with Crippen molar-refractivity contribution in [2.24, 2.45) is 0 Å². The molecular weight excluding hydrogens is 437 g/mol. The van der Waals surface area contributed by atoms with Gasteiger partial charge in [0.1, 0.15) is 5.69 Å². The lowest BCUT2D eigenvalue weighted by Crippen LogP contribution is -2.41. The van der Waals surface area contributed by atoms with Crippen molar-refractivity contribution >= 4 is 17.6 Å². The maximum absolute atomic E-state index is 12.7. The van der Waals surface area contributed by atoms with E-state index in [0.29, 0.717) is 12.2 Å². The highest BCUT2D eigenvalue weighted by Gasteiger charge is 2.38. The van der Waals surface area contributed by atoms with Gasteiger partial charge in [-0.2, -0.15) is 18.3 Å². The molecule has 180 valence electrons. The fraction of sp³-hybridized carbons (Fsp3) is 0.522. The molecule has 33 heavy (non-hydrogen) atoms. The number of hydrogen-bond donors (Lipinski definition) is 2. The summed E-state index contributed by atoms with van der Waals surface area (Å²) in [5, 5.41) is 14.5. The van der Waals surface area contributed by atoms with Crippen LogP contribution in [0, 0.1) is 6.92 Å². The smallest absolute Gasteiger partial charge is 0.475 e. The highest BCUT2D eigenvalue weighted by Crippen LogP contribution is 2.28. The quantitative estimate of drug-likeness (QED) is 0.710. The summed E-state index contributed by atoms with van der Waals surface area (Å²) in [6, 6.07) is 9.05. The second-order valence-corrected chi connectivity index (χ2v) is 8.35. The molecule has 1 aliphatic carbocycles. The minimum absolute atomic E-state index is 0.0860. The summed E-state index contributed by atoms with van der Waals surface area (Å²) in [5.74, 6) is -2.84. The van der Waals surface area contributed by atoms with Crippen LogP contribution in [0.15, 0.2) is 24.3 Å². The SMILES string of the molecule is CCn1nc(C)cc1C(=O)Nc1ccc2c(c1)CCN(C1CCC1)CC2.O=C(O)C(F)(F)F. The largest absolute Gasteiger partial charge is 0.490 e. The number of carbonyl (C=O) groups is 2. The number of aromatic nitrogens is 2. The molecule has 0 bridgehead atoms. The first-order valence-electron chi connectivity index (χ1n) is 11.1. The van der Waals surface area contributed by atoms with Crippen molar-refractivity contribution in [2.75, 3.05) is 18.4 Å². The van der Waals surface area contributed by atoms with Crippen LogP contribution in [0.5, 0.6) is 0 Å². The monoisotopic (exact) mass is 466 g/mol. The number of anilines is 1. The Hall–Kier alpha value is -2.88. The maximum Gasteiger partial charge on any atom is 0.490 e. The van der Waals surface area contributed by atoms with Crippen LogP contribution in [0.3, 0.4) is 0 Å². The van der Waals surface area contributed by atoms with Crippen LogP contribution in [-0.2, 0) is 24.2 Å². The predicted molar refractivity (Wildman–Crippen MR) is 117 cm³/mol. The molecule has 1 fully saturated rings. The van der Waals surface area contributed by atoms with E-state index < -0.39 is 12.1 Å². The van der Waals surface area contributed by atoms with E-state index in [1.165, 1.54) is 36.9 Å². The first-order valence-corrected chi connectivity index (χ1v) is 11.1. The Morgan fingerprint density at radius 2 is 1.79 bits per heavy atom. The number of carboxylic acids is 1. The average Bonchev–Trinajstić information content (AvgIpc) is 2.98. The summed E-state index contributed by atoms with van der Waals surface area (Å²) in [4.78, 5) is 24.2. The Morgan fingerprint density at radius 1 is 1.15 bits per heavy atom. The topological polar surface area (TPSA) is 87.5 Å². The number of nitrogens with one attached hydrogen (secondary N) is 1. The third kappa shape index (κ3) is 6.34. The molecule has 2 N–H and O–H groups in total. The second-order valence-electron chi connectivity index (χ2n) is 8.35. The van der Waals surface area contributed by atoms with Gasteiger partial charge in [-0.05, 0) is 68.9 Å². The van der Waals surface area contributed by atoms with Crippen molar-refractivity contribution in [3.05, 3.63) is 46.8 Å². The zero-order valence-electron chi connectivity index (χ0n) is 18.8. The molecule has 7 nitrogen and oxygen atoms in total. The zero-order chi connectivity index (χ0) is 24.2. The van der Waals surface area contributed by atoms with Gasteiger partial charge in [-0.1, -0.05) is 12.5 Å². The number of alkyl halides is 3. The average molecular weight is 467 g/mol. The van der Waals surface area contributed by atoms with E-state index in [9.17, 15) is 18.0 Å². The van der Waals surface area contributed by atoms with E-state index >= 15 is 0 Å². The van der Waals surface area contributed by atoms with Gasteiger partial charge in [-0.25, -0.2) is 4.79 Å². The van der Waals surface area contributed by atoms with Crippen molar-refractivity contribution in [3.8, 4) is 0 Å². The Morgan fingerprint density at radius 3 is 2.33 bits per heavy atom. The van der Waals surface area contributed by atoms with Gasteiger partial charge in [-0.15, -0.1) is 0 Å². The third-order valence-electron chi connectivity index (χ3n) is 6.07. The predicted octanol–water partition coefficient (Wildman–Crippen LogP) is 4.05. The number of amides is 1. The molecule has 10 heteroatoms. The number of aliphatic carboxylic acids is 1. The molecule has 0 unspecified atom stereocenters. The lowest BCUT2D eigenvalue weighted by Gasteiger charge is -2.36. The summed E-state index contributed by atoms with van der Waals surface area (Å²) in [7, 11) is 0. The molecule has 1 aromatic carbocycles. The van der Waals surface area contributed by atoms with Crippen LogP contribution in [0.2, 0.25) is 0 Å². The van der Waals surface area contributed by atoms with Gasteiger partial charge in [0.2, 0.25) is 0 Å². The Bertz CT molecular complexity index is 999. The molecule has 0 saturated heterocycles. The fourth-order valence-corrected chi connectivity index (χ4v) is 4.10. The van der Waals surface area contributed by atoms with Gasteiger partial charge in [-0.3, -0.25) is 14.4 Å². The maximum atomic E-state index is 12.7. The molecule has 2 aliphatic rings. The summed E-state index contributed by atoms with van der Waals surface area (Å²) < 4.78 is 33.5. The van der Waals surface area contributed by atoms with E-state index in [0.717, 1.165) is 36.8 Å². The van der Waals surface area contributed by atoms with Crippen LogP contribution >= 0.6 is 0 Å². The molecule has 1 saturated carbocycles. The van der Waals surface area contributed by atoms with Crippen LogP contribution in [0.1, 0.15) is 53.5 Å². The van der Waals surface area contributed by atoms with Crippen molar-refractivity contribution in [1.82, 2.24) is 14.7 Å². The normalized spacial score (nSPS) is 16.6.